The summed E-state index contributed by atoms with van der Waals surface area (Å²) in [5.41, 5.74) is 0. The Kier molecular flexibility index (Phi) is 6.11. The van der Waals surface area contributed by atoms with Crippen molar-refractivity contribution in [2.45, 2.75) is 51.0 Å². The van der Waals surface area contributed by atoms with Gasteiger partial charge < -0.3 is 15.5 Å². The highest BCUT2D eigenvalue weighted by atomic mass is 16.1. The van der Waals surface area contributed by atoms with Crippen molar-refractivity contribution in [1.29, 1.82) is 0 Å². The lowest BCUT2D eigenvalue weighted by Gasteiger charge is -2.32. The molecule has 2 atom stereocenters. The van der Waals surface area contributed by atoms with Crippen molar-refractivity contribution >= 4 is 5.91 Å². The summed E-state index contributed by atoms with van der Waals surface area (Å²) in [6.45, 7) is 4.25. The van der Waals surface area contributed by atoms with Gasteiger partial charge in [0.05, 0.1) is 0 Å². The standard InChI is InChI=1S/C15H29N3O/c1-18-10-3-2-6-14(18)12-17-15(19)8-7-13-5-4-9-16-11-13/h13-14,16H,2-12H2,1H3,(H,17,19). The van der Waals surface area contributed by atoms with E-state index in [1.807, 2.05) is 0 Å². The second kappa shape index (κ2) is 7.85. The van der Waals surface area contributed by atoms with E-state index in [1.54, 1.807) is 0 Å². The highest BCUT2D eigenvalue weighted by Crippen LogP contribution is 2.16. The Morgan fingerprint density at radius 2 is 2.21 bits per heavy atom. The van der Waals surface area contributed by atoms with Crippen molar-refractivity contribution in [3.8, 4) is 0 Å². The highest BCUT2D eigenvalue weighted by molar-refractivity contribution is 5.75. The summed E-state index contributed by atoms with van der Waals surface area (Å²) in [6, 6.07) is 0.550. The average molecular weight is 267 g/mol. The Bertz CT molecular complexity index is 277. The summed E-state index contributed by atoms with van der Waals surface area (Å²) in [7, 11) is 2.17. The molecule has 0 radical (unpaired) electrons. The zero-order valence-corrected chi connectivity index (χ0v) is 12.3. The zero-order valence-electron chi connectivity index (χ0n) is 12.3. The van der Waals surface area contributed by atoms with Gasteiger partial charge in [0, 0.05) is 19.0 Å². The fourth-order valence-corrected chi connectivity index (χ4v) is 3.23. The molecule has 1 amide bonds. The minimum atomic E-state index is 0.240. The maximum Gasteiger partial charge on any atom is 0.220 e. The fraction of sp³-hybridized carbons (Fsp3) is 0.933. The van der Waals surface area contributed by atoms with Crippen LogP contribution < -0.4 is 10.6 Å². The number of piperidine rings is 2. The van der Waals surface area contributed by atoms with Crippen LogP contribution >= 0.6 is 0 Å². The predicted octanol–water partition coefficient (Wildman–Crippen LogP) is 1.37. The van der Waals surface area contributed by atoms with Crippen LogP contribution in [0.3, 0.4) is 0 Å². The summed E-state index contributed by atoms with van der Waals surface area (Å²) in [5.74, 6) is 0.946. The van der Waals surface area contributed by atoms with Gasteiger partial charge in [-0.15, -0.1) is 0 Å². The molecule has 0 bridgehead atoms. The van der Waals surface area contributed by atoms with Gasteiger partial charge in [0.2, 0.25) is 5.91 Å². The van der Waals surface area contributed by atoms with Crippen molar-refractivity contribution in [3.05, 3.63) is 0 Å². The molecule has 2 saturated heterocycles. The molecule has 0 aromatic rings. The Balaban J connectivity index is 1.58. The average Bonchev–Trinajstić information content (AvgIpc) is 2.45. The number of hydrogen-bond donors (Lipinski definition) is 2. The van der Waals surface area contributed by atoms with Gasteiger partial charge in [-0.25, -0.2) is 0 Å². The summed E-state index contributed by atoms with van der Waals surface area (Å²) in [6.07, 6.45) is 8.12. The highest BCUT2D eigenvalue weighted by Gasteiger charge is 2.19. The molecule has 4 nitrogen and oxygen atoms in total. The number of carbonyl (C=O) groups excluding carboxylic acids is 1. The molecule has 2 rings (SSSR count). The molecule has 0 aromatic carbocycles. The molecule has 19 heavy (non-hydrogen) atoms. The van der Waals surface area contributed by atoms with E-state index >= 15 is 0 Å². The number of nitrogens with zero attached hydrogens (tertiary/aromatic N) is 1. The van der Waals surface area contributed by atoms with Crippen LogP contribution in [0.15, 0.2) is 0 Å². The third kappa shape index (κ3) is 5.11. The van der Waals surface area contributed by atoms with E-state index in [-0.39, 0.29) is 5.91 Å². The topological polar surface area (TPSA) is 44.4 Å². The van der Waals surface area contributed by atoms with E-state index in [9.17, 15) is 4.79 Å². The maximum atomic E-state index is 11.9. The first-order valence-corrected chi connectivity index (χ1v) is 7.93. The number of likely N-dealkylation sites (tertiary alicyclic amines) is 1. The summed E-state index contributed by atoms with van der Waals surface area (Å²) < 4.78 is 0. The molecular weight excluding hydrogens is 238 g/mol. The molecule has 0 aliphatic carbocycles. The Hall–Kier alpha value is -0.610. The summed E-state index contributed by atoms with van der Waals surface area (Å²) in [5, 5.41) is 6.53. The Morgan fingerprint density at radius 1 is 1.32 bits per heavy atom. The van der Waals surface area contributed by atoms with Crippen LogP contribution in [0.25, 0.3) is 0 Å². The summed E-state index contributed by atoms with van der Waals surface area (Å²) >= 11 is 0. The van der Waals surface area contributed by atoms with Crippen molar-refractivity contribution in [1.82, 2.24) is 15.5 Å². The SMILES string of the molecule is CN1CCCCC1CNC(=O)CCC1CCCNC1. The van der Waals surface area contributed by atoms with Crippen LogP contribution in [0, 0.1) is 5.92 Å². The van der Waals surface area contributed by atoms with Crippen LogP contribution in [-0.2, 0) is 4.79 Å². The van der Waals surface area contributed by atoms with Gasteiger partial charge in [-0.2, -0.15) is 0 Å². The van der Waals surface area contributed by atoms with Gasteiger partial charge >= 0.3 is 0 Å². The fourth-order valence-electron chi connectivity index (χ4n) is 3.23. The molecule has 0 saturated carbocycles. The number of hydrogen-bond acceptors (Lipinski definition) is 3. The molecular formula is C15H29N3O. The van der Waals surface area contributed by atoms with Gasteiger partial charge in [0.15, 0.2) is 0 Å². The van der Waals surface area contributed by atoms with Gasteiger partial charge in [0.25, 0.3) is 0 Å². The van der Waals surface area contributed by atoms with Gasteiger partial charge in [-0.05, 0) is 64.7 Å². The van der Waals surface area contributed by atoms with Gasteiger partial charge in [-0.1, -0.05) is 6.42 Å². The molecule has 2 unspecified atom stereocenters. The van der Waals surface area contributed by atoms with E-state index in [0.29, 0.717) is 18.4 Å². The zero-order chi connectivity index (χ0) is 13.5. The van der Waals surface area contributed by atoms with Crippen molar-refractivity contribution in [3.63, 3.8) is 0 Å². The first kappa shape index (κ1) is 14.8. The molecule has 110 valence electrons. The first-order valence-electron chi connectivity index (χ1n) is 7.93. The molecule has 2 aliphatic rings. The monoisotopic (exact) mass is 267 g/mol. The molecule has 2 fully saturated rings. The smallest absolute Gasteiger partial charge is 0.220 e. The van der Waals surface area contributed by atoms with Crippen molar-refractivity contribution in [2.24, 2.45) is 5.92 Å². The predicted molar refractivity (Wildman–Crippen MR) is 78.1 cm³/mol. The molecule has 2 aliphatic heterocycles. The molecule has 4 heteroatoms. The van der Waals surface area contributed by atoms with Crippen molar-refractivity contribution < 1.29 is 4.79 Å². The Morgan fingerprint density at radius 3 is 2.95 bits per heavy atom. The van der Waals surface area contributed by atoms with Gasteiger partial charge in [0.1, 0.15) is 0 Å². The minimum Gasteiger partial charge on any atom is -0.355 e. The first-order chi connectivity index (χ1) is 9.25. The second-order valence-corrected chi connectivity index (χ2v) is 6.19. The Labute approximate surface area is 117 Å². The number of rotatable bonds is 5. The largest absolute Gasteiger partial charge is 0.355 e. The minimum absolute atomic E-state index is 0.240. The quantitative estimate of drug-likeness (QED) is 0.791. The van der Waals surface area contributed by atoms with Crippen LogP contribution in [-0.4, -0.2) is 50.1 Å². The number of nitrogens with one attached hydrogen (secondary N) is 2. The molecule has 0 aromatic heterocycles. The van der Waals surface area contributed by atoms with E-state index in [4.69, 9.17) is 0 Å². The third-order valence-corrected chi connectivity index (χ3v) is 4.63. The number of amides is 1. The lowest BCUT2D eigenvalue weighted by atomic mass is 9.94. The molecule has 2 heterocycles. The maximum absolute atomic E-state index is 11.9. The van der Waals surface area contributed by atoms with Gasteiger partial charge in [-0.3, -0.25) is 4.79 Å². The molecule has 2 N–H and O–H groups in total. The van der Waals surface area contributed by atoms with E-state index in [0.717, 1.165) is 26.1 Å². The van der Waals surface area contributed by atoms with Crippen LogP contribution in [0.1, 0.15) is 44.9 Å². The van der Waals surface area contributed by atoms with Crippen LogP contribution in [0.2, 0.25) is 0 Å². The number of carbonyl (C=O) groups is 1. The van der Waals surface area contributed by atoms with E-state index in [1.165, 1.54) is 38.6 Å². The van der Waals surface area contributed by atoms with Crippen LogP contribution in [0.5, 0.6) is 0 Å². The van der Waals surface area contributed by atoms with Crippen molar-refractivity contribution in [2.75, 3.05) is 33.2 Å². The molecule has 0 spiro atoms. The van der Waals surface area contributed by atoms with E-state index in [2.05, 4.69) is 22.6 Å². The lowest BCUT2D eigenvalue weighted by molar-refractivity contribution is -0.121. The van der Waals surface area contributed by atoms with Crippen LogP contribution in [0.4, 0.5) is 0 Å². The summed E-state index contributed by atoms with van der Waals surface area (Å²) in [4.78, 5) is 14.3. The number of likely N-dealkylation sites (N-methyl/N-ethyl adjacent to an activating group) is 1. The second-order valence-electron chi connectivity index (χ2n) is 6.19. The third-order valence-electron chi connectivity index (χ3n) is 4.63. The lowest BCUT2D eigenvalue weighted by Crippen LogP contribution is -2.44. The van der Waals surface area contributed by atoms with E-state index < -0.39 is 0 Å². The normalized spacial score (nSPS) is 29.1.